The van der Waals surface area contributed by atoms with Crippen LogP contribution in [0.25, 0.3) is 0 Å². The number of nitrogens with two attached hydrogens (primary N) is 1. The van der Waals surface area contributed by atoms with Crippen molar-refractivity contribution < 1.29 is 9.90 Å². The highest BCUT2D eigenvalue weighted by molar-refractivity contribution is 6.30. The van der Waals surface area contributed by atoms with Gasteiger partial charge in [0.25, 0.3) is 0 Å². The van der Waals surface area contributed by atoms with Crippen molar-refractivity contribution in [1.29, 1.82) is 0 Å². The Morgan fingerprint density at radius 1 is 1.09 bits per heavy atom. The van der Waals surface area contributed by atoms with E-state index in [9.17, 15) is 9.90 Å². The molecule has 0 aromatic heterocycles. The lowest BCUT2D eigenvalue weighted by Gasteiger charge is -2.19. The lowest BCUT2D eigenvalue weighted by atomic mass is 9.89. The lowest BCUT2D eigenvalue weighted by molar-refractivity contribution is -0.117. The van der Waals surface area contributed by atoms with Crippen LogP contribution in [0.2, 0.25) is 0 Å². The highest BCUT2D eigenvalue weighted by Gasteiger charge is 2.16. The van der Waals surface area contributed by atoms with Gasteiger partial charge in [0, 0.05) is 11.5 Å². The van der Waals surface area contributed by atoms with Crippen molar-refractivity contribution in [2.24, 2.45) is 5.73 Å². The molecular formula is C29H46ClNO2. The molecule has 0 spiro atoms. The zero-order chi connectivity index (χ0) is 26.4. The molecule has 0 saturated heterocycles. The summed E-state index contributed by atoms with van der Waals surface area (Å²) in [6, 6.07) is 0. The average Bonchev–Trinajstić information content (AvgIpc) is 2.75. The smallest absolute Gasteiger partial charge is 0.217 e. The zero-order valence-corrected chi connectivity index (χ0v) is 22.6. The molecule has 0 aromatic rings. The van der Waals surface area contributed by atoms with E-state index in [0.29, 0.717) is 17.9 Å². The van der Waals surface area contributed by atoms with E-state index >= 15 is 0 Å². The van der Waals surface area contributed by atoms with E-state index in [1.807, 2.05) is 71.9 Å². The van der Waals surface area contributed by atoms with Gasteiger partial charge in [0.1, 0.15) is 0 Å². The minimum atomic E-state index is -0.439. The van der Waals surface area contributed by atoms with E-state index in [1.165, 1.54) is 0 Å². The zero-order valence-electron chi connectivity index (χ0n) is 21.9. The molecular weight excluding hydrogens is 430 g/mol. The monoisotopic (exact) mass is 475 g/mol. The van der Waals surface area contributed by atoms with E-state index in [2.05, 4.69) is 26.7 Å². The predicted molar refractivity (Wildman–Crippen MR) is 149 cm³/mol. The van der Waals surface area contributed by atoms with Crippen LogP contribution in [0.1, 0.15) is 74.1 Å². The molecule has 4 heteroatoms. The van der Waals surface area contributed by atoms with Gasteiger partial charge < -0.3 is 10.8 Å². The highest BCUT2D eigenvalue weighted by atomic mass is 35.5. The first-order valence-electron chi connectivity index (χ1n) is 11.5. The van der Waals surface area contributed by atoms with E-state index in [0.717, 1.165) is 40.7 Å². The van der Waals surface area contributed by atoms with Crippen molar-refractivity contribution >= 4 is 17.5 Å². The Morgan fingerprint density at radius 2 is 1.67 bits per heavy atom. The first-order chi connectivity index (χ1) is 15.5. The SMILES string of the molecule is C=C(Cl)/C=C\C(=C/C)CCC(N)=O.C=C/C=C(\C=C/C)C(=C)C(=C(C)C)C(O)CCC.CC. The molecule has 0 saturated carbocycles. The number of aliphatic hydroxyl groups excluding tert-OH is 1. The van der Waals surface area contributed by atoms with Gasteiger partial charge in [-0.25, -0.2) is 0 Å². The summed E-state index contributed by atoms with van der Waals surface area (Å²) in [6.07, 6.45) is 15.3. The van der Waals surface area contributed by atoms with Crippen LogP contribution < -0.4 is 5.73 Å². The van der Waals surface area contributed by atoms with E-state index in [1.54, 1.807) is 12.2 Å². The van der Waals surface area contributed by atoms with Gasteiger partial charge in [-0.2, -0.15) is 0 Å². The van der Waals surface area contributed by atoms with Crippen molar-refractivity contribution in [1.82, 2.24) is 0 Å². The number of hydrogen-bond acceptors (Lipinski definition) is 2. The highest BCUT2D eigenvalue weighted by Crippen LogP contribution is 2.27. The maximum absolute atomic E-state index is 10.5. The first-order valence-corrected chi connectivity index (χ1v) is 11.9. The number of carbonyl (C=O) groups excluding carboxylic acids is 1. The molecule has 1 amide bonds. The number of halogens is 1. The maximum Gasteiger partial charge on any atom is 0.217 e. The van der Waals surface area contributed by atoms with Crippen LogP contribution in [0.5, 0.6) is 0 Å². The van der Waals surface area contributed by atoms with Gasteiger partial charge in [-0.1, -0.05) is 106 Å². The van der Waals surface area contributed by atoms with Gasteiger partial charge in [-0.05, 0) is 63.3 Å². The lowest BCUT2D eigenvalue weighted by Crippen LogP contribution is -2.13. The van der Waals surface area contributed by atoms with Crippen LogP contribution in [0.4, 0.5) is 0 Å². The predicted octanol–water partition coefficient (Wildman–Crippen LogP) is 8.26. The van der Waals surface area contributed by atoms with Crippen LogP contribution in [0, 0.1) is 0 Å². The summed E-state index contributed by atoms with van der Waals surface area (Å²) in [5.74, 6) is -0.294. The van der Waals surface area contributed by atoms with Crippen LogP contribution in [0.3, 0.4) is 0 Å². The fourth-order valence-corrected chi connectivity index (χ4v) is 2.82. The van der Waals surface area contributed by atoms with Gasteiger partial charge in [-0.3, -0.25) is 4.79 Å². The Bertz CT molecular complexity index is 760. The number of allylic oxidation sites excluding steroid dienone is 11. The molecule has 0 aliphatic rings. The van der Waals surface area contributed by atoms with Crippen molar-refractivity contribution in [2.45, 2.75) is 80.3 Å². The van der Waals surface area contributed by atoms with Crippen molar-refractivity contribution in [3.63, 3.8) is 0 Å². The maximum atomic E-state index is 10.5. The van der Waals surface area contributed by atoms with Gasteiger partial charge in [-0.15, -0.1) is 0 Å². The standard InChI is InChI=1S/C17H26O.C10H14ClNO.C2H6/c1-7-10-15(11-8-2)14(6)17(13(4)5)16(18)12-9-3;1-3-9(5-4-8(2)11)6-7-10(12)13;1-2/h7-8,10-11,16,18H,1,6,9,12H2,2-5H3;3-5H,2,6-7H2,1H3,(H2,12,13);1-2H3/b11-8-,15-10+;5-4-,9-3+;. The summed E-state index contributed by atoms with van der Waals surface area (Å²) in [7, 11) is 0. The minimum Gasteiger partial charge on any atom is -0.388 e. The van der Waals surface area contributed by atoms with E-state index in [4.69, 9.17) is 17.3 Å². The van der Waals surface area contributed by atoms with E-state index in [-0.39, 0.29) is 5.91 Å². The van der Waals surface area contributed by atoms with Crippen LogP contribution in [-0.4, -0.2) is 17.1 Å². The topological polar surface area (TPSA) is 63.3 Å². The van der Waals surface area contributed by atoms with Gasteiger partial charge in [0.15, 0.2) is 0 Å². The number of hydrogen-bond donors (Lipinski definition) is 2. The summed E-state index contributed by atoms with van der Waals surface area (Å²) in [5, 5.41) is 10.7. The number of carbonyl (C=O) groups is 1. The van der Waals surface area contributed by atoms with Crippen molar-refractivity contribution in [3.05, 3.63) is 95.2 Å². The Balaban J connectivity index is -0.000000530. The fraction of sp³-hybridized carbons (Fsp3) is 0.414. The second kappa shape index (κ2) is 22.8. The molecule has 0 bridgehead atoms. The van der Waals surface area contributed by atoms with Crippen LogP contribution in [-0.2, 0) is 4.79 Å². The van der Waals surface area contributed by atoms with Gasteiger partial charge in [0.05, 0.1) is 6.10 Å². The Labute approximate surface area is 208 Å². The summed E-state index contributed by atoms with van der Waals surface area (Å²) in [4.78, 5) is 10.5. The molecule has 3 N–H and O–H groups in total. The van der Waals surface area contributed by atoms with Gasteiger partial charge >= 0.3 is 0 Å². The van der Waals surface area contributed by atoms with E-state index < -0.39 is 6.10 Å². The Kier molecular flexibility index (Phi) is 24.4. The third-order valence-corrected chi connectivity index (χ3v) is 4.39. The van der Waals surface area contributed by atoms with Crippen molar-refractivity contribution in [2.75, 3.05) is 0 Å². The third-order valence-electron chi connectivity index (χ3n) is 4.26. The molecule has 0 rings (SSSR count). The Hall–Kier alpha value is -2.36. The molecule has 0 aromatic carbocycles. The largest absolute Gasteiger partial charge is 0.388 e. The molecule has 3 nitrogen and oxygen atoms in total. The third kappa shape index (κ3) is 18.9. The second-order valence-electron chi connectivity index (χ2n) is 7.16. The minimum absolute atomic E-state index is 0.294. The second-order valence-corrected chi connectivity index (χ2v) is 7.65. The molecule has 0 heterocycles. The number of aliphatic hydroxyl groups is 1. The number of primary amides is 1. The molecule has 0 aliphatic heterocycles. The molecule has 33 heavy (non-hydrogen) atoms. The van der Waals surface area contributed by atoms with Crippen molar-refractivity contribution in [3.8, 4) is 0 Å². The fourth-order valence-electron chi connectivity index (χ4n) is 2.76. The molecule has 1 atom stereocenters. The average molecular weight is 476 g/mol. The van der Waals surface area contributed by atoms with Crippen LogP contribution in [0.15, 0.2) is 95.2 Å². The summed E-state index contributed by atoms with van der Waals surface area (Å²) >= 11 is 5.54. The molecule has 0 aliphatic carbocycles. The molecule has 1 unspecified atom stereocenters. The summed E-state index contributed by atoms with van der Waals surface area (Å²) < 4.78 is 0. The number of amides is 1. The normalized spacial score (nSPS) is 12.3. The molecule has 0 radical (unpaired) electrons. The molecule has 0 fully saturated rings. The molecule has 186 valence electrons. The number of rotatable bonds is 12. The Morgan fingerprint density at radius 3 is 2.03 bits per heavy atom. The van der Waals surface area contributed by atoms with Crippen LogP contribution >= 0.6 is 11.6 Å². The quantitative estimate of drug-likeness (QED) is 0.279. The first kappa shape index (κ1) is 35.2. The summed E-state index contributed by atoms with van der Waals surface area (Å²) in [5.41, 5.74) is 9.99. The van der Waals surface area contributed by atoms with Gasteiger partial charge in [0.2, 0.25) is 5.91 Å². The summed E-state index contributed by atoms with van der Waals surface area (Å²) in [6.45, 7) is 25.3.